The number of allylic oxidation sites excluding steroid dienone is 3. The summed E-state index contributed by atoms with van der Waals surface area (Å²) < 4.78 is 41.8. The molecule has 0 bridgehead atoms. The van der Waals surface area contributed by atoms with Crippen molar-refractivity contribution >= 4 is 33.8 Å². The van der Waals surface area contributed by atoms with Crippen LogP contribution in [0.15, 0.2) is 107 Å². The molecule has 0 aromatic heterocycles. The summed E-state index contributed by atoms with van der Waals surface area (Å²) in [4.78, 5) is 24.2. The van der Waals surface area contributed by atoms with Crippen LogP contribution in [-0.4, -0.2) is 54.6 Å². The number of para-hydroxylation sites is 2. The molecule has 0 saturated heterocycles. The molecule has 12 heteroatoms. The molecule has 4 rings (SSSR count). The lowest BCUT2D eigenvalue weighted by atomic mass is 10.0. The SMILES string of the molecule is CCCCCCCCCCCCc1cccc(S(=O)(=O)O)c1C=O.COC1=CC(Nc2ccccc2)=CCC1=[N+]=[N-].O=C(O)COc1ccccc1. The highest BCUT2D eigenvalue weighted by Gasteiger charge is 2.20. The van der Waals surface area contributed by atoms with E-state index in [9.17, 15) is 22.6 Å². The number of rotatable bonds is 19. The monoisotopic (exact) mass is 733 g/mol. The minimum atomic E-state index is -4.35. The summed E-state index contributed by atoms with van der Waals surface area (Å²) >= 11 is 0. The number of methoxy groups -OCH3 is 1. The third kappa shape index (κ3) is 17.3. The van der Waals surface area contributed by atoms with Crippen LogP contribution in [0.4, 0.5) is 5.69 Å². The number of aldehydes is 1. The van der Waals surface area contributed by atoms with Crippen molar-refractivity contribution in [3.8, 4) is 5.75 Å². The van der Waals surface area contributed by atoms with E-state index in [0.717, 1.165) is 24.2 Å². The summed E-state index contributed by atoms with van der Waals surface area (Å²) in [5.41, 5.74) is 12.0. The highest BCUT2D eigenvalue weighted by molar-refractivity contribution is 7.86. The third-order valence-corrected chi connectivity index (χ3v) is 8.86. The smallest absolute Gasteiger partial charge is 0.341 e. The van der Waals surface area contributed by atoms with E-state index < -0.39 is 16.1 Å². The zero-order valence-corrected chi connectivity index (χ0v) is 30.9. The fourth-order valence-corrected chi connectivity index (χ4v) is 5.97. The van der Waals surface area contributed by atoms with E-state index in [2.05, 4.69) is 17.0 Å². The number of carbonyl (C=O) groups excluding carboxylic acids is 1. The Morgan fingerprint density at radius 1 is 0.885 bits per heavy atom. The second-order valence-electron chi connectivity index (χ2n) is 12.0. The van der Waals surface area contributed by atoms with Crippen LogP contribution in [0.25, 0.3) is 5.53 Å². The molecular formula is C40H51N3O8S. The first-order valence-corrected chi connectivity index (χ1v) is 19.0. The van der Waals surface area contributed by atoms with Crippen LogP contribution in [0.2, 0.25) is 0 Å². The highest BCUT2D eigenvalue weighted by atomic mass is 32.2. The first kappa shape index (κ1) is 43.1. The second kappa shape index (κ2) is 25.0. The van der Waals surface area contributed by atoms with E-state index in [1.54, 1.807) is 43.5 Å². The normalized spacial score (nSPS) is 12.0. The van der Waals surface area contributed by atoms with Gasteiger partial charge in [-0.05, 0) is 54.8 Å². The average Bonchev–Trinajstić information content (AvgIpc) is 3.15. The topological polar surface area (TPSA) is 176 Å². The van der Waals surface area contributed by atoms with Crippen molar-refractivity contribution in [3.63, 3.8) is 0 Å². The van der Waals surface area contributed by atoms with Crippen molar-refractivity contribution in [3.05, 3.63) is 119 Å². The van der Waals surface area contributed by atoms with Crippen molar-refractivity contribution in [1.82, 2.24) is 0 Å². The standard InChI is InChI=1S/C19H30O4S.C13H13N3O.C8H8O3/c1-2-3-4-5-6-7-8-9-10-11-13-17-14-12-15-19(18(17)16-20)24(21,22)23;1-17-13-9-11(7-8-12(13)16-14)15-10-5-3-2-4-6-10;9-8(10)6-11-7-4-2-1-3-5-7/h12,14-16H,2-11,13H2,1H3,(H,21,22,23);2-7,9,15H,8H2,1H3;1-5H,6H2,(H,9,10). The summed E-state index contributed by atoms with van der Waals surface area (Å²) in [7, 11) is -2.79. The number of carboxylic acids is 1. The number of anilines is 1. The number of hydrogen-bond donors (Lipinski definition) is 3. The summed E-state index contributed by atoms with van der Waals surface area (Å²) in [6, 6.07) is 23.3. The number of hydrogen-bond acceptors (Lipinski definition) is 7. The van der Waals surface area contributed by atoms with Crippen molar-refractivity contribution in [2.45, 2.75) is 88.9 Å². The molecule has 52 heavy (non-hydrogen) atoms. The number of aliphatic carboxylic acids is 1. The Labute approximate surface area is 307 Å². The van der Waals surface area contributed by atoms with Gasteiger partial charge in [-0.1, -0.05) is 113 Å². The first-order valence-electron chi connectivity index (χ1n) is 17.6. The summed E-state index contributed by atoms with van der Waals surface area (Å²) in [6.07, 6.45) is 17.8. The Kier molecular flexibility index (Phi) is 20.7. The molecule has 0 saturated carbocycles. The Bertz CT molecular complexity index is 1740. The van der Waals surface area contributed by atoms with Crippen LogP contribution in [0.1, 0.15) is 93.5 Å². The van der Waals surface area contributed by atoms with Crippen LogP contribution in [-0.2, 0) is 26.1 Å². The summed E-state index contributed by atoms with van der Waals surface area (Å²) in [6.45, 7) is 1.94. The van der Waals surface area contributed by atoms with Gasteiger partial charge in [0.2, 0.25) is 5.76 Å². The molecule has 0 heterocycles. The molecule has 3 aromatic carbocycles. The molecule has 3 aromatic rings. The number of unbranched alkanes of at least 4 members (excludes halogenated alkanes) is 9. The molecule has 280 valence electrons. The van der Waals surface area contributed by atoms with Gasteiger partial charge in [0.25, 0.3) is 10.1 Å². The molecule has 0 spiro atoms. The molecule has 0 aliphatic heterocycles. The Hall–Kier alpha value is -5.03. The maximum Gasteiger partial charge on any atom is 0.341 e. The molecule has 11 nitrogen and oxygen atoms in total. The van der Waals surface area contributed by atoms with Gasteiger partial charge in [0.15, 0.2) is 12.9 Å². The highest BCUT2D eigenvalue weighted by Crippen LogP contribution is 2.21. The lowest BCUT2D eigenvalue weighted by Gasteiger charge is -2.12. The van der Waals surface area contributed by atoms with Crippen LogP contribution in [0, 0.1) is 0 Å². The number of nitrogens with one attached hydrogen (secondary N) is 1. The van der Waals surface area contributed by atoms with E-state index in [1.165, 1.54) is 57.4 Å². The zero-order chi connectivity index (χ0) is 38.0. The Balaban J connectivity index is 0.000000290. The van der Waals surface area contributed by atoms with Gasteiger partial charge in [0.05, 0.1) is 13.5 Å². The van der Waals surface area contributed by atoms with Gasteiger partial charge in [0.1, 0.15) is 10.6 Å². The minimum Gasteiger partial charge on any atom is -0.490 e. The molecule has 0 fully saturated rings. The molecular weight excluding hydrogens is 683 g/mol. The maximum atomic E-state index is 11.3. The molecule has 1 aliphatic rings. The number of aryl methyl sites for hydroxylation is 1. The number of carbonyl (C=O) groups is 2. The van der Waals surface area contributed by atoms with Crippen molar-refractivity contribution < 1.29 is 41.9 Å². The van der Waals surface area contributed by atoms with Crippen LogP contribution < -0.4 is 10.1 Å². The first-order chi connectivity index (χ1) is 25.1. The average molecular weight is 734 g/mol. The number of ether oxygens (including phenoxy) is 2. The maximum absolute atomic E-state index is 11.3. The lowest BCUT2D eigenvalue weighted by Crippen LogP contribution is -2.12. The largest absolute Gasteiger partial charge is 0.490 e. The van der Waals surface area contributed by atoms with Gasteiger partial charge in [-0.25, -0.2) is 4.79 Å². The second-order valence-corrected chi connectivity index (χ2v) is 13.4. The predicted molar refractivity (Wildman–Crippen MR) is 203 cm³/mol. The minimum absolute atomic E-state index is 0.0934. The number of carboxylic acid groups (broad SMARTS) is 1. The molecule has 0 atom stereocenters. The van der Waals surface area contributed by atoms with Crippen LogP contribution in [0.3, 0.4) is 0 Å². The summed E-state index contributed by atoms with van der Waals surface area (Å²) in [5, 5.41) is 11.5. The third-order valence-electron chi connectivity index (χ3n) is 7.95. The quantitative estimate of drug-likeness (QED) is 0.0357. The van der Waals surface area contributed by atoms with Gasteiger partial charge in [-0.15, -0.1) is 0 Å². The van der Waals surface area contributed by atoms with E-state index in [-0.39, 0.29) is 17.1 Å². The van der Waals surface area contributed by atoms with E-state index in [0.29, 0.717) is 41.9 Å². The molecule has 0 unspecified atom stereocenters. The van der Waals surface area contributed by atoms with Crippen molar-refractivity contribution in [2.24, 2.45) is 0 Å². The lowest BCUT2D eigenvalue weighted by molar-refractivity contribution is -0.139. The predicted octanol–water partition coefficient (Wildman–Crippen LogP) is 8.95. The fraction of sp³-hybridized carbons (Fsp3) is 0.375. The molecule has 1 aliphatic carbocycles. The molecule has 0 radical (unpaired) electrons. The van der Waals surface area contributed by atoms with E-state index >= 15 is 0 Å². The zero-order valence-electron chi connectivity index (χ0n) is 30.1. The van der Waals surface area contributed by atoms with Gasteiger partial charge in [-0.2, -0.15) is 13.2 Å². The number of benzene rings is 3. The van der Waals surface area contributed by atoms with E-state index in [4.69, 9.17) is 20.1 Å². The Morgan fingerprint density at radius 3 is 2.02 bits per heavy atom. The van der Waals surface area contributed by atoms with Crippen molar-refractivity contribution in [1.29, 1.82) is 0 Å². The summed E-state index contributed by atoms with van der Waals surface area (Å²) in [5.74, 6) is 0.192. The van der Waals surface area contributed by atoms with E-state index in [1.807, 2.05) is 48.6 Å². The Morgan fingerprint density at radius 2 is 1.48 bits per heavy atom. The van der Waals surface area contributed by atoms with Gasteiger partial charge in [0, 0.05) is 23.0 Å². The van der Waals surface area contributed by atoms with Gasteiger partial charge < -0.3 is 25.4 Å². The van der Waals surface area contributed by atoms with Crippen LogP contribution >= 0.6 is 0 Å². The fourth-order valence-electron chi connectivity index (χ4n) is 5.26. The number of nitrogens with zero attached hydrogens (tertiary/aromatic N) is 2. The molecule has 0 amide bonds. The van der Waals surface area contributed by atoms with Crippen molar-refractivity contribution in [2.75, 3.05) is 19.0 Å². The van der Waals surface area contributed by atoms with Gasteiger partial charge in [-0.3, -0.25) is 9.35 Å². The van der Waals surface area contributed by atoms with Gasteiger partial charge >= 0.3 is 11.7 Å². The molecule has 3 N–H and O–H groups in total. The van der Waals surface area contributed by atoms with Crippen LogP contribution in [0.5, 0.6) is 5.75 Å².